The number of aliphatic hydroxyl groups excluding tert-OH is 1. The average Bonchev–Trinajstić information content (AvgIpc) is 3.48. The Kier molecular flexibility index (Phi) is 8.48. The van der Waals surface area contributed by atoms with Gasteiger partial charge in [-0.3, -0.25) is 4.55 Å². The van der Waals surface area contributed by atoms with Gasteiger partial charge in [-0.2, -0.15) is 26.0 Å². The van der Waals surface area contributed by atoms with Gasteiger partial charge in [-0.15, -0.1) is 0 Å². The summed E-state index contributed by atoms with van der Waals surface area (Å²) in [7, 11) is -6.18. The van der Waals surface area contributed by atoms with Gasteiger partial charge in [0.1, 0.15) is 0 Å². The van der Waals surface area contributed by atoms with Gasteiger partial charge in [0.05, 0.1) is 6.10 Å². The third-order valence-electron chi connectivity index (χ3n) is 8.92. The fraction of sp³-hybridized carbons (Fsp3) is 1.00. The van der Waals surface area contributed by atoms with Crippen LogP contribution in [0.2, 0.25) is 0 Å². The van der Waals surface area contributed by atoms with Crippen molar-refractivity contribution in [3.63, 3.8) is 0 Å². The van der Waals surface area contributed by atoms with E-state index in [1.807, 2.05) is 0 Å². The fourth-order valence-electron chi connectivity index (χ4n) is 7.58. The Balaban J connectivity index is 0.000000262. The lowest BCUT2D eigenvalue weighted by Gasteiger charge is -2.43. The number of hydrogen-bond donors (Lipinski definition) is 2. The molecule has 0 aromatic rings. The molecule has 8 unspecified atom stereocenters. The average molecular weight is 501 g/mol. The molecule has 194 valence electrons. The molecule has 4 rings (SSSR count). The van der Waals surface area contributed by atoms with Crippen molar-refractivity contribution in [2.75, 3.05) is 0 Å². The van der Waals surface area contributed by atoms with Crippen LogP contribution >= 0.6 is 0 Å². The van der Waals surface area contributed by atoms with Crippen LogP contribution in [0.3, 0.4) is 0 Å². The third-order valence-corrected chi connectivity index (χ3v) is 9.84. The van der Waals surface area contributed by atoms with Gasteiger partial charge in [-0.1, -0.05) is 65.2 Å². The summed E-state index contributed by atoms with van der Waals surface area (Å²) < 4.78 is 86.0. The van der Waals surface area contributed by atoms with Crippen LogP contribution < -0.4 is 0 Å². The van der Waals surface area contributed by atoms with E-state index in [-0.39, 0.29) is 36.0 Å². The summed E-state index contributed by atoms with van der Waals surface area (Å²) in [5, 5.41) is 4.51. The minimum Gasteiger partial charge on any atom is -0.393 e. The number of unbranched alkanes of at least 4 members (excludes halogenated alkanes) is 7. The van der Waals surface area contributed by atoms with Crippen LogP contribution in [0.4, 0.5) is 17.6 Å². The summed E-state index contributed by atoms with van der Waals surface area (Å²) in [5.41, 5.74) is 0. The summed E-state index contributed by atoms with van der Waals surface area (Å²) in [4.78, 5) is 0. The summed E-state index contributed by atoms with van der Waals surface area (Å²) in [5.74, 6) is -7.24. The molecule has 0 saturated heterocycles. The predicted molar refractivity (Wildman–Crippen MR) is 119 cm³/mol. The molecule has 4 bridgehead atoms. The van der Waals surface area contributed by atoms with Gasteiger partial charge in [0.2, 0.25) is 0 Å². The molecule has 33 heavy (non-hydrogen) atoms. The molecule has 0 aromatic heterocycles. The van der Waals surface area contributed by atoms with E-state index in [1.54, 1.807) is 0 Å². The van der Waals surface area contributed by atoms with Gasteiger partial charge in [-0.25, -0.2) is 0 Å². The zero-order valence-corrected chi connectivity index (χ0v) is 20.6. The maximum absolute atomic E-state index is 14.3. The van der Waals surface area contributed by atoms with Gasteiger partial charge < -0.3 is 5.11 Å². The van der Waals surface area contributed by atoms with Crippen molar-refractivity contribution in [2.24, 2.45) is 41.4 Å². The van der Waals surface area contributed by atoms with Gasteiger partial charge in [0.15, 0.2) is 0 Å². The van der Waals surface area contributed by atoms with Crippen molar-refractivity contribution in [1.82, 2.24) is 0 Å². The SMILES string of the molecule is CCCCCCCCCC.O=S(=O)(O)C(F)(F)C(F)(F)C1CC2CC1C1C3CC(O)C(C3)C21. The summed E-state index contributed by atoms with van der Waals surface area (Å²) in [6.45, 7) is 4.54. The first-order valence-corrected chi connectivity index (χ1v) is 14.2. The number of halogens is 4. The largest absolute Gasteiger partial charge is 0.431 e. The Hall–Kier alpha value is -0.410. The van der Waals surface area contributed by atoms with Crippen LogP contribution in [-0.2, 0) is 10.1 Å². The summed E-state index contributed by atoms with van der Waals surface area (Å²) in [6.07, 6.45) is 12.5. The van der Waals surface area contributed by atoms with Crippen molar-refractivity contribution in [3.8, 4) is 0 Å². The quantitative estimate of drug-likeness (QED) is 0.155. The number of hydrogen-bond acceptors (Lipinski definition) is 3. The molecule has 9 heteroatoms. The van der Waals surface area contributed by atoms with Crippen molar-refractivity contribution in [1.29, 1.82) is 0 Å². The first kappa shape index (κ1) is 27.2. The molecule has 8 atom stereocenters. The highest BCUT2D eigenvalue weighted by molar-refractivity contribution is 7.87. The first-order chi connectivity index (χ1) is 15.4. The molecule has 0 aliphatic heterocycles. The van der Waals surface area contributed by atoms with Crippen LogP contribution in [0.5, 0.6) is 0 Å². The number of rotatable bonds is 10. The number of alkyl halides is 4. The van der Waals surface area contributed by atoms with Crippen molar-refractivity contribution < 1.29 is 35.6 Å². The van der Waals surface area contributed by atoms with Crippen LogP contribution in [-0.4, -0.2) is 35.4 Å². The van der Waals surface area contributed by atoms with Gasteiger partial charge >= 0.3 is 21.3 Å². The second kappa shape index (κ2) is 10.3. The molecule has 2 N–H and O–H groups in total. The summed E-state index contributed by atoms with van der Waals surface area (Å²) in [6, 6.07) is 0. The minimum atomic E-state index is -6.18. The van der Waals surface area contributed by atoms with E-state index in [0.29, 0.717) is 12.8 Å². The summed E-state index contributed by atoms with van der Waals surface area (Å²) >= 11 is 0. The first-order valence-electron chi connectivity index (χ1n) is 12.8. The molecule has 0 spiro atoms. The molecule has 0 amide bonds. The van der Waals surface area contributed by atoms with E-state index >= 15 is 0 Å². The van der Waals surface area contributed by atoms with E-state index in [1.165, 1.54) is 51.4 Å². The molecule has 4 aliphatic carbocycles. The Labute approximate surface area is 195 Å². The standard InChI is InChI=1S/C14H18F4O4S.C10H22/c15-13(16,14(17,18)23(20,21)22)9-3-5-1-7(9)11-6-2-8(12(5)11)10(19)4-6;1-3-5-7-9-10-8-6-4-2/h5-12,19H,1-4H2,(H,20,21,22);3-10H2,1-2H3. The normalized spacial score (nSPS) is 37.2. The molecule has 4 nitrogen and oxygen atoms in total. The van der Waals surface area contributed by atoms with E-state index in [0.717, 1.165) is 6.42 Å². The molecule has 4 fully saturated rings. The zero-order chi connectivity index (χ0) is 24.6. The third kappa shape index (κ3) is 4.97. The molecular weight excluding hydrogens is 460 g/mol. The van der Waals surface area contributed by atoms with Crippen molar-refractivity contribution >= 4 is 10.1 Å². The van der Waals surface area contributed by atoms with Crippen LogP contribution in [0.15, 0.2) is 0 Å². The molecule has 0 heterocycles. The molecule has 0 aromatic carbocycles. The monoisotopic (exact) mass is 500 g/mol. The van der Waals surface area contributed by atoms with E-state index in [9.17, 15) is 31.1 Å². The highest BCUT2D eigenvalue weighted by Crippen LogP contribution is 2.71. The minimum absolute atomic E-state index is 0.0629. The van der Waals surface area contributed by atoms with Crippen molar-refractivity contribution in [2.45, 2.75) is 108 Å². The lowest BCUT2D eigenvalue weighted by Crippen LogP contribution is -2.54. The molecular formula is C24H40F4O4S. The Morgan fingerprint density at radius 2 is 1.21 bits per heavy atom. The van der Waals surface area contributed by atoms with E-state index in [2.05, 4.69) is 13.8 Å². The molecule has 4 aliphatic rings. The second-order valence-electron chi connectivity index (χ2n) is 10.9. The van der Waals surface area contributed by atoms with Gasteiger partial charge in [0.25, 0.3) is 0 Å². The van der Waals surface area contributed by atoms with Crippen molar-refractivity contribution in [3.05, 3.63) is 0 Å². The van der Waals surface area contributed by atoms with Crippen LogP contribution in [0.25, 0.3) is 0 Å². The number of fused-ring (bicyclic) bond motifs is 9. The van der Waals surface area contributed by atoms with Crippen LogP contribution in [0.1, 0.15) is 90.9 Å². The van der Waals surface area contributed by atoms with Gasteiger partial charge in [0, 0.05) is 5.92 Å². The zero-order valence-electron chi connectivity index (χ0n) is 19.7. The van der Waals surface area contributed by atoms with Crippen LogP contribution in [0, 0.1) is 41.4 Å². The Bertz CT molecular complexity index is 752. The highest BCUT2D eigenvalue weighted by atomic mass is 32.2. The lowest BCUT2D eigenvalue weighted by atomic mass is 9.65. The van der Waals surface area contributed by atoms with Gasteiger partial charge in [-0.05, 0) is 61.2 Å². The smallest absolute Gasteiger partial charge is 0.393 e. The number of aliphatic hydroxyl groups is 1. The molecule has 4 saturated carbocycles. The topological polar surface area (TPSA) is 74.6 Å². The maximum Gasteiger partial charge on any atom is 0.431 e. The Morgan fingerprint density at radius 3 is 1.73 bits per heavy atom. The van der Waals surface area contributed by atoms with E-state index < -0.39 is 39.2 Å². The maximum atomic E-state index is 14.3. The molecule has 0 radical (unpaired) electrons. The lowest BCUT2D eigenvalue weighted by molar-refractivity contribution is -0.210. The van der Waals surface area contributed by atoms with E-state index in [4.69, 9.17) is 4.55 Å². The Morgan fingerprint density at radius 1 is 0.758 bits per heavy atom. The highest BCUT2D eigenvalue weighted by Gasteiger charge is 2.75. The fourth-order valence-corrected chi connectivity index (χ4v) is 8.07. The second-order valence-corrected chi connectivity index (χ2v) is 12.3. The predicted octanol–water partition coefficient (Wildman–Crippen LogP) is 6.54.